The largest absolute Gasteiger partial charge is 0.490 e. The zero-order valence-corrected chi connectivity index (χ0v) is 12.3. The fourth-order valence-electron chi connectivity index (χ4n) is 2.12. The molecule has 5 nitrogen and oxygen atoms in total. The number of rotatable bonds is 5. The highest BCUT2D eigenvalue weighted by molar-refractivity contribution is 5.64. The third kappa shape index (κ3) is 2.82. The van der Waals surface area contributed by atoms with Crippen LogP contribution < -0.4 is 15.0 Å². The molecule has 1 aromatic heterocycles. The second kappa shape index (κ2) is 6.23. The predicted octanol–water partition coefficient (Wildman–Crippen LogP) is 2.47. The average Bonchev–Trinajstić information content (AvgIpc) is 2.48. The second-order valence-electron chi connectivity index (χ2n) is 4.61. The fraction of sp³-hybridized carbons (Fsp3) is 0.333. The molecule has 20 heavy (non-hydrogen) atoms. The molecule has 1 N–H and O–H groups in total. The summed E-state index contributed by atoms with van der Waals surface area (Å²) in [5.41, 5.74) is 2.53. The summed E-state index contributed by atoms with van der Waals surface area (Å²) in [6.45, 7) is 2.88. The molecule has 0 aliphatic heterocycles. The molecule has 0 amide bonds. The van der Waals surface area contributed by atoms with Gasteiger partial charge in [0.15, 0.2) is 11.6 Å². The van der Waals surface area contributed by atoms with Crippen molar-refractivity contribution in [3.8, 4) is 5.75 Å². The highest BCUT2D eigenvalue weighted by Gasteiger charge is 2.15. The molecule has 106 valence electrons. The fourth-order valence-corrected chi connectivity index (χ4v) is 2.12. The average molecular weight is 272 g/mol. The number of aromatic nitrogens is 2. The van der Waals surface area contributed by atoms with Gasteiger partial charge < -0.3 is 15.0 Å². The molecule has 0 spiro atoms. The molecule has 0 radical (unpaired) electrons. The van der Waals surface area contributed by atoms with Crippen LogP contribution >= 0.6 is 0 Å². The Morgan fingerprint density at radius 1 is 1.25 bits per heavy atom. The molecule has 0 saturated carbocycles. The first-order chi connectivity index (χ1) is 9.67. The first-order valence-electron chi connectivity index (χ1n) is 6.49. The maximum atomic E-state index is 5.43. The minimum atomic E-state index is 0.658. The lowest BCUT2D eigenvalue weighted by Gasteiger charge is -2.22. The van der Waals surface area contributed by atoms with E-state index in [0.717, 1.165) is 12.4 Å². The Morgan fingerprint density at radius 3 is 2.65 bits per heavy atom. The highest BCUT2D eigenvalue weighted by Crippen LogP contribution is 2.31. The number of benzene rings is 1. The van der Waals surface area contributed by atoms with Gasteiger partial charge >= 0.3 is 0 Å². The highest BCUT2D eigenvalue weighted by atomic mass is 16.5. The van der Waals surface area contributed by atoms with Crippen LogP contribution in [0.1, 0.15) is 11.1 Å². The van der Waals surface area contributed by atoms with Gasteiger partial charge in [-0.1, -0.05) is 24.3 Å². The van der Waals surface area contributed by atoms with E-state index in [2.05, 4.69) is 39.2 Å². The minimum Gasteiger partial charge on any atom is -0.490 e. The van der Waals surface area contributed by atoms with E-state index in [1.807, 2.05) is 26.2 Å². The van der Waals surface area contributed by atoms with Crippen LogP contribution in [0.25, 0.3) is 0 Å². The number of anilines is 2. The van der Waals surface area contributed by atoms with Crippen molar-refractivity contribution < 1.29 is 4.74 Å². The summed E-state index contributed by atoms with van der Waals surface area (Å²) in [6, 6.07) is 8.33. The minimum absolute atomic E-state index is 0.658. The monoisotopic (exact) mass is 272 g/mol. The van der Waals surface area contributed by atoms with Crippen LogP contribution in [-0.4, -0.2) is 31.2 Å². The van der Waals surface area contributed by atoms with Crippen molar-refractivity contribution in [2.24, 2.45) is 0 Å². The Bertz CT molecular complexity index is 586. The first kappa shape index (κ1) is 14.1. The lowest BCUT2D eigenvalue weighted by atomic mass is 10.1. The Morgan fingerprint density at radius 2 is 2.00 bits per heavy atom. The SMILES string of the molecule is CNc1ncnc(N(C)Cc2ccccc2C)c1OC. The predicted molar refractivity (Wildman–Crippen MR) is 81.4 cm³/mol. The van der Waals surface area contributed by atoms with Crippen molar-refractivity contribution >= 4 is 11.6 Å². The lowest BCUT2D eigenvalue weighted by molar-refractivity contribution is 0.413. The van der Waals surface area contributed by atoms with E-state index in [1.165, 1.54) is 17.5 Å². The summed E-state index contributed by atoms with van der Waals surface area (Å²) in [7, 11) is 5.44. The van der Waals surface area contributed by atoms with Crippen LogP contribution in [0.2, 0.25) is 0 Å². The molecule has 0 fully saturated rings. The maximum absolute atomic E-state index is 5.43. The van der Waals surface area contributed by atoms with Crippen LogP contribution in [-0.2, 0) is 6.54 Å². The van der Waals surface area contributed by atoms with E-state index in [9.17, 15) is 0 Å². The number of hydrogen-bond acceptors (Lipinski definition) is 5. The summed E-state index contributed by atoms with van der Waals surface area (Å²) >= 11 is 0. The van der Waals surface area contributed by atoms with Crippen molar-refractivity contribution in [1.29, 1.82) is 0 Å². The molecule has 0 aliphatic rings. The Hall–Kier alpha value is -2.30. The molecule has 0 aliphatic carbocycles. The Kier molecular flexibility index (Phi) is 4.40. The molecule has 2 rings (SSSR count). The van der Waals surface area contributed by atoms with Crippen molar-refractivity contribution in [3.05, 3.63) is 41.7 Å². The van der Waals surface area contributed by atoms with E-state index in [0.29, 0.717) is 11.6 Å². The summed E-state index contributed by atoms with van der Waals surface area (Å²) in [6.07, 6.45) is 1.54. The third-order valence-electron chi connectivity index (χ3n) is 3.26. The van der Waals surface area contributed by atoms with Gasteiger partial charge in [0.2, 0.25) is 5.75 Å². The van der Waals surface area contributed by atoms with E-state index in [4.69, 9.17) is 4.74 Å². The topological polar surface area (TPSA) is 50.3 Å². The zero-order valence-electron chi connectivity index (χ0n) is 12.3. The normalized spacial score (nSPS) is 10.2. The van der Waals surface area contributed by atoms with Crippen LogP contribution in [0.4, 0.5) is 11.6 Å². The summed E-state index contributed by atoms with van der Waals surface area (Å²) < 4.78 is 5.43. The first-order valence-corrected chi connectivity index (χ1v) is 6.49. The lowest BCUT2D eigenvalue weighted by Crippen LogP contribution is -2.20. The molecule has 5 heteroatoms. The van der Waals surface area contributed by atoms with Gasteiger partial charge in [-0.2, -0.15) is 0 Å². The number of nitrogens with one attached hydrogen (secondary N) is 1. The van der Waals surface area contributed by atoms with Gasteiger partial charge in [-0.15, -0.1) is 0 Å². The van der Waals surface area contributed by atoms with Crippen LogP contribution in [0.5, 0.6) is 5.75 Å². The van der Waals surface area contributed by atoms with Crippen molar-refractivity contribution in [3.63, 3.8) is 0 Å². The van der Waals surface area contributed by atoms with Gasteiger partial charge in [-0.3, -0.25) is 0 Å². The van der Waals surface area contributed by atoms with E-state index in [1.54, 1.807) is 7.11 Å². The molecule has 0 bridgehead atoms. The quantitative estimate of drug-likeness (QED) is 0.906. The van der Waals surface area contributed by atoms with Crippen molar-refractivity contribution in [2.45, 2.75) is 13.5 Å². The van der Waals surface area contributed by atoms with Gasteiger partial charge in [0.25, 0.3) is 0 Å². The van der Waals surface area contributed by atoms with Crippen LogP contribution in [0.3, 0.4) is 0 Å². The second-order valence-corrected chi connectivity index (χ2v) is 4.61. The summed E-state index contributed by atoms with van der Waals surface area (Å²) in [4.78, 5) is 10.6. The van der Waals surface area contributed by atoms with Gasteiger partial charge in [-0.25, -0.2) is 9.97 Å². The van der Waals surface area contributed by atoms with E-state index in [-0.39, 0.29) is 0 Å². The molecule has 0 unspecified atom stereocenters. The van der Waals surface area contributed by atoms with Gasteiger partial charge in [0, 0.05) is 20.6 Å². The Labute approximate surface area is 119 Å². The number of ether oxygens (including phenoxy) is 1. The molecule has 1 aromatic carbocycles. The van der Waals surface area contributed by atoms with Crippen molar-refractivity contribution in [2.75, 3.05) is 31.4 Å². The molecular weight excluding hydrogens is 252 g/mol. The van der Waals surface area contributed by atoms with Crippen molar-refractivity contribution in [1.82, 2.24) is 9.97 Å². The number of hydrogen-bond donors (Lipinski definition) is 1. The number of aryl methyl sites for hydroxylation is 1. The maximum Gasteiger partial charge on any atom is 0.204 e. The molecule has 0 saturated heterocycles. The molecule has 0 atom stereocenters. The Balaban J connectivity index is 2.30. The summed E-state index contributed by atoms with van der Waals surface area (Å²) in [5.74, 6) is 2.12. The van der Waals surface area contributed by atoms with E-state index >= 15 is 0 Å². The number of nitrogens with zero attached hydrogens (tertiary/aromatic N) is 3. The van der Waals surface area contributed by atoms with Gasteiger partial charge in [0.1, 0.15) is 6.33 Å². The molecule has 2 aromatic rings. The number of methoxy groups -OCH3 is 1. The van der Waals surface area contributed by atoms with Gasteiger partial charge in [0.05, 0.1) is 7.11 Å². The van der Waals surface area contributed by atoms with Crippen LogP contribution in [0, 0.1) is 6.92 Å². The van der Waals surface area contributed by atoms with Crippen LogP contribution in [0.15, 0.2) is 30.6 Å². The molecular formula is C15H20N4O. The third-order valence-corrected chi connectivity index (χ3v) is 3.26. The molecule has 1 heterocycles. The van der Waals surface area contributed by atoms with Gasteiger partial charge in [-0.05, 0) is 18.1 Å². The standard InChI is InChI=1S/C15H20N4O/c1-11-7-5-6-8-12(11)9-19(3)15-13(20-4)14(16-2)17-10-18-15/h5-8,10H,9H2,1-4H3,(H,16,17,18). The zero-order chi connectivity index (χ0) is 14.5. The summed E-state index contributed by atoms with van der Waals surface area (Å²) in [5, 5.41) is 3.01. The van der Waals surface area contributed by atoms with E-state index < -0.39 is 0 Å². The smallest absolute Gasteiger partial charge is 0.204 e.